The van der Waals surface area contributed by atoms with Crippen LogP contribution in [0.1, 0.15) is 20.8 Å². The summed E-state index contributed by atoms with van der Waals surface area (Å²) in [5.41, 5.74) is 1.08. The van der Waals surface area contributed by atoms with Crippen molar-refractivity contribution in [2.24, 2.45) is 0 Å². The molecule has 2 heterocycles. The van der Waals surface area contributed by atoms with Crippen molar-refractivity contribution in [3.8, 4) is 0 Å². The number of hydrogen-bond donors (Lipinski definition) is 0. The van der Waals surface area contributed by atoms with Crippen LogP contribution >= 0.6 is 11.6 Å². The van der Waals surface area contributed by atoms with Gasteiger partial charge < -0.3 is 14.5 Å². The third-order valence-corrected chi connectivity index (χ3v) is 5.46. The van der Waals surface area contributed by atoms with Gasteiger partial charge in [-0.2, -0.15) is 0 Å². The van der Waals surface area contributed by atoms with E-state index < -0.39 is 0 Å². The summed E-state index contributed by atoms with van der Waals surface area (Å²) in [4.78, 5) is 19.4. The maximum Gasteiger partial charge on any atom is 0.239 e. The van der Waals surface area contributed by atoms with Crippen LogP contribution in [0.3, 0.4) is 0 Å². The molecule has 3 rings (SSSR count). The highest BCUT2D eigenvalue weighted by atomic mass is 35.5. The van der Waals surface area contributed by atoms with E-state index >= 15 is 0 Å². The number of para-hydroxylation sites is 1. The van der Waals surface area contributed by atoms with Crippen LogP contribution in [0.25, 0.3) is 0 Å². The molecule has 1 aromatic rings. The summed E-state index contributed by atoms with van der Waals surface area (Å²) in [6.07, 6.45) is 0.217. The van der Waals surface area contributed by atoms with Crippen molar-refractivity contribution in [3.05, 3.63) is 29.3 Å². The number of anilines is 1. The highest BCUT2D eigenvalue weighted by Gasteiger charge is 2.32. The third kappa shape index (κ3) is 4.27. The van der Waals surface area contributed by atoms with Gasteiger partial charge in [0.1, 0.15) is 0 Å². The number of halogens is 1. The molecule has 6 heteroatoms. The lowest BCUT2D eigenvalue weighted by Gasteiger charge is -2.42. The van der Waals surface area contributed by atoms with Gasteiger partial charge in [-0.1, -0.05) is 23.7 Å². The zero-order valence-corrected chi connectivity index (χ0v) is 16.1. The second-order valence-electron chi connectivity index (χ2n) is 7.15. The quantitative estimate of drug-likeness (QED) is 0.824. The monoisotopic (exact) mass is 365 g/mol. The van der Waals surface area contributed by atoms with Crippen LogP contribution in [-0.4, -0.2) is 73.2 Å². The van der Waals surface area contributed by atoms with Crippen molar-refractivity contribution in [1.82, 2.24) is 9.80 Å². The number of piperazine rings is 1. The molecule has 0 radical (unpaired) electrons. The average molecular weight is 366 g/mol. The smallest absolute Gasteiger partial charge is 0.239 e. The Kier molecular flexibility index (Phi) is 5.87. The maximum atomic E-state index is 12.9. The summed E-state index contributed by atoms with van der Waals surface area (Å²) < 4.78 is 5.74. The summed E-state index contributed by atoms with van der Waals surface area (Å²) in [5.74, 6) is 0.216. The van der Waals surface area contributed by atoms with Gasteiger partial charge in [0.15, 0.2) is 0 Å². The van der Waals surface area contributed by atoms with Crippen LogP contribution in [-0.2, 0) is 9.53 Å². The summed E-state index contributed by atoms with van der Waals surface area (Å²) in [6, 6.07) is 7.86. The van der Waals surface area contributed by atoms with E-state index in [0.29, 0.717) is 13.1 Å². The van der Waals surface area contributed by atoms with E-state index in [1.807, 2.05) is 43.9 Å². The van der Waals surface area contributed by atoms with E-state index in [9.17, 15) is 4.79 Å². The Morgan fingerprint density at radius 2 is 1.72 bits per heavy atom. The lowest BCUT2D eigenvalue weighted by Crippen LogP contribution is -2.57. The predicted octanol–water partition coefficient (Wildman–Crippen LogP) is 2.49. The Morgan fingerprint density at radius 1 is 1.12 bits per heavy atom. The molecule has 2 aliphatic rings. The van der Waals surface area contributed by atoms with Crippen LogP contribution in [0.4, 0.5) is 5.69 Å². The van der Waals surface area contributed by atoms with Crippen molar-refractivity contribution in [3.63, 3.8) is 0 Å². The van der Waals surface area contributed by atoms with E-state index in [0.717, 1.165) is 36.9 Å². The number of ether oxygens (including phenoxy) is 1. The number of morpholine rings is 1. The molecule has 0 aliphatic carbocycles. The van der Waals surface area contributed by atoms with Gasteiger partial charge in [0.25, 0.3) is 0 Å². The molecule has 1 aromatic carbocycles. The minimum atomic E-state index is -0.0918. The number of rotatable bonds is 3. The second kappa shape index (κ2) is 7.94. The SMILES string of the molecule is C[C@@H]1CN(C(=O)[C@@H](C)N2CCN(c3ccccc3Cl)CC2)C[C@@H](C)O1. The zero-order valence-electron chi connectivity index (χ0n) is 15.3. The molecule has 1 amide bonds. The molecule has 25 heavy (non-hydrogen) atoms. The lowest BCUT2D eigenvalue weighted by atomic mass is 10.1. The molecule has 138 valence electrons. The number of carbonyl (C=O) groups excluding carboxylic acids is 1. The predicted molar refractivity (Wildman–Crippen MR) is 101 cm³/mol. The normalized spacial score (nSPS) is 26.6. The molecule has 5 nitrogen and oxygen atoms in total. The van der Waals surface area contributed by atoms with Crippen LogP contribution in [0, 0.1) is 0 Å². The van der Waals surface area contributed by atoms with Gasteiger partial charge in [0.2, 0.25) is 5.91 Å². The van der Waals surface area contributed by atoms with E-state index in [4.69, 9.17) is 16.3 Å². The summed E-state index contributed by atoms with van der Waals surface area (Å²) >= 11 is 6.31. The van der Waals surface area contributed by atoms with Crippen molar-refractivity contribution >= 4 is 23.2 Å². The lowest BCUT2D eigenvalue weighted by molar-refractivity contribution is -0.148. The minimum absolute atomic E-state index is 0.0918. The average Bonchev–Trinajstić information content (AvgIpc) is 2.60. The number of benzene rings is 1. The van der Waals surface area contributed by atoms with Crippen molar-refractivity contribution < 1.29 is 9.53 Å². The fourth-order valence-corrected chi connectivity index (χ4v) is 4.09. The number of amides is 1. The molecule has 0 unspecified atom stereocenters. The molecule has 0 bridgehead atoms. The largest absolute Gasteiger partial charge is 0.372 e. The number of nitrogens with zero attached hydrogens (tertiary/aromatic N) is 3. The molecule has 0 N–H and O–H groups in total. The van der Waals surface area contributed by atoms with Crippen LogP contribution in [0.15, 0.2) is 24.3 Å². The first-order valence-electron chi connectivity index (χ1n) is 9.13. The summed E-state index contributed by atoms with van der Waals surface area (Å²) in [5, 5.41) is 0.788. The molecule has 0 spiro atoms. The van der Waals surface area contributed by atoms with Crippen LogP contribution < -0.4 is 4.90 Å². The topological polar surface area (TPSA) is 36.0 Å². The second-order valence-corrected chi connectivity index (χ2v) is 7.56. The van der Waals surface area contributed by atoms with Crippen LogP contribution in [0.5, 0.6) is 0 Å². The van der Waals surface area contributed by atoms with Gasteiger partial charge in [-0.05, 0) is 32.9 Å². The van der Waals surface area contributed by atoms with Gasteiger partial charge in [0.05, 0.1) is 29.0 Å². The first kappa shape index (κ1) is 18.5. The fraction of sp³-hybridized carbons (Fsp3) is 0.632. The van der Waals surface area contributed by atoms with E-state index in [2.05, 4.69) is 15.9 Å². The zero-order chi connectivity index (χ0) is 18.0. The Bertz CT molecular complexity index is 594. The Balaban J connectivity index is 1.57. The van der Waals surface area contributed by atoms with Crippen molar-refractivity contribution in [2.45, 2.75) is 39.0 Å². The Labute approximate surface area is 155 Å². The van der Waals surface area contributed by atoms with Gasteiger partial charge in [-0.3, -0.25) is 9.69 Å². The standard InChI is InChI=1S/C19H28ClN3O2/c1-14-12-23(13-15(2)25-14)19(24)16(3)21-8-10-22(11-9-21)18-7-5-4-6-17(18)20/h4-7,14-16H,8-13H2,1-3H3/t14-,15-,16-/m1/s1. The van der Waals surface area contributed by atoms with Crippen molar-refractivity contribution in [1.29, 1.82) is 0 Å². The molecular weight excluding hydrogens is 338 g/mol. The summed E-state index contributed by atoms with van der Waals surface area (Å²) in [7, 11) is 0. The highest BCUT2D eigenvalue weighted by molar-refractivity contribution is 6.33. The number of hydrogen-bond acceptors (Lipinski definition) is 4. The molecule has 0 saturated carbocycles. The third-order valence-electron chi connectivity index (χ3n) is 5.14. The number of carbonyl (C=O) groups is 1. The van der Waals surface area contributed by atoms with Gasteiger partial charge in [-0.15, -0.1) is 0 Å². The Hall–Kier alpha value is -1.30. The first-order chi connectivity index (χ1) is 12.0. The maximum absolute atomic E-state index is 12.9. The molecule has 0 aromatic heterocycles. The molecule has 2 saturated heterocycles. The van der Waals surface area contributed by atoms with E-state index in [-0.39, 0.29) is 24.2 Å². The molecular formula is C19H28ClN3O2. The van der Waals surface area contributed by atoms with Crippen LogP contribution in [0.2, 0.25) is 5.02 Å². The van der Waals surface area contributed by atoms with E-state index in [1.165, 1.54) is 0 Å². The van der Waals surface area contributed by atoms with Gasteiger partial charge in [0, 0.05) is 39.3 Å². The first-order valence-corrected chi connectivity index (χ1v) is 9.51. The van der Waals surface area contributed by atoms with E-state index in [1.54, 1.807) is 0 Å². The molecule has 2 fully saturated rings. The summed E-state index contributed by atoms with van der Waals surface area (Å²) in [6.45, 7) is 11.0. The van der Waals surface area contributed by atoms with Crippen molar-refractivity contribution in [2.75, 3.05) is 44.2 Å². The fourth-order valence-electron chi connectivity index (χ4n) is 3.84. The van der Waals surface area contributed by atoms with Gasteiger partial charge in [-0.25, -0.2) is 0 Å². The Morgan fingerprint density at radius 3 is 2.32 bits per heavy atom. The highest BCUT2D eigenvalue weighted by Crippen LogP contribution is 2.26. The van der Waals surface area contributed by atoms with Gasteiger partial charge >= 0.3 is 0 Å². The molecule has 3 atom stereocenters. The molecule has 2 aliphatic heterocycles. The minimum Gasteiger partial charge on any atom is -0.372 e.